The first-order chi connectivity index (χ1) is 12.5. The molecule has 2 atom stereocenters. The lowest BCUT2D eigenvalue weighted by atomic mass is 9.76. The zero-order valence-electron chi connectivity index (χ0n) is 14.4. The predicted octanol–water partition coefficient (Wildman–Crippen LogP) is 4.63. The Labute approximate surface area is 151 Å². The minimum absolute atomic E-state index is 0.00307. The van der Waals surface area contributed by atoms with Crippen molar-refractivity contribution in [1.82, 2.24) is 0 Å². The molecule has 0 radical (unpaired) electrons. The van der Waals surface area contributed by atoms with E-state index < -0.39 is 5.60 Å². The van der Waals surface area contributed by atoms with Gasteiger partial charge in [-0.1, -0.05) is 36.4 Å². The summed E-state index contributed by atoms with van der Waals surface area (Å²) in [6, 6.07) is 19.8. The third-order valence-corrected chi connectivity index (χ3v) is 5.05. The average molecular weight is 348 g/mol. The Bertz CT molecular complexity index is 952. The Morgan fingerprint density at radius 1 is 0.885 bits per heavy atom. The Hall–Kier alpha value is -3.14. The van der Waals surface area contributed by atoms with Crippen LogP contribution in [0.15, 0.2) is 66.7 Å². The molecule has 0 bridgehead atoms. The fraction of sp³-hybridized carbons (Fsp3) is 0.182. The summed E-state index contributed by atoms with van der Waals surface area (Å²) in [5.41, 5.74) is 1.95. The van der Waals surface area contributed by atoms with E-state index >= 15 is 0 Å². The van der Waals surface area contributed by atoms with E-state index in [0.717, 1.165) is 11.1 Å². The predicted molar refractivity (Wildman–Crippen MR) is 98.8 cm³/mol. The molecule has 0 fully saturated rings. The summed E-state index contributed by atoms with van der Waals surface area (Å²) >= 11 is 0. The highest BCUT2D eigenvalue weighted by Crippen LogP contribution is 2.50. The van der Waals surface area contributed by atoms with Crippen molar-refractivity contribution in [1.29, 1.82) is 0 Å². The summed E-state index contributed by atoms with van der Waals surface area (Å²) in [6.07, 6.45) is 0.618. The van der Waals surface area contributed by atoms with E-state index in [1.807, 2.05) is 31.2 Å². The largest absolute Gasteiger partial charge is 0.508 e. The molecular weight excluding hydrogens is 328 g/mol. The van der Waals surface area contributed by atoms with Gasteiger partial charge in [0, 0.05) is 35.6 Å². The second-order valence-corrected chi connectivity index (χ2v) is 6.92. The normalized spacial score (nSPS) is 21.7. The number of ether oxygens (including phenoxy) is 1. The molecule has 1 aliphatic heterocycles. The number of phenols is 3. The highest BCUT2D eigenvalue weighted by molar-refractivity contribution is 5.51. The van der Waals surface area contributed by atoms with E-state index in [-0.39, 0.29) is 23.2 Å². The lowest BCUT2D eigenvalue weighted by molar-refractivity contribution is 0.0528. The van der Waals surface area contributed by atoms with Gasteiger partial charge >= 0.3 is 0 Å². The third-order valence-electron chi connectivity index (χ3n) is 5.05. The van der Waals surface area contributed by atoms with Crippen LogP contribution in [-0.2, 0) is 5.60 Å². The van der Waals surface area contributed by atoms with Crippen LogP contribution in [0.2, 0.25) is 0 Å². The lowest BCUT2D eigenvalue weighted by Crippen LogP contribution is -2.36. The Kier molecular flexibility index (Phi) is 3.76. The molecule has 1 aliphatic rings. The maximum absolute atomic E-state index is 10.4. The summed E-state index contributed by atoms with van der Waals surface area (Å²) in [4.78, 5) is 0. The van der Waals surface area contributed by atoms with Gasteiger partial charge in [-0.25, -0.2) is 0 Å². The SMILES string of the molecule is C[C@]1(c2ccc(O)cc2O)C[C@@H](c2ccccc2)c2ccc(O)cc2O1. The summed E-state index contributed by atoms with van der Waals surface area (Å²) in [5, 5.41) is 29.9. The van der Waals surface area contributed by atoms with Crippen molar-refractivity contribution in [3.63, 3.8) is 0 Å². The zero-order chi connectivity index (χ0) is 18.3. The first-order valence-electron chi connectivity index (χ1n) is 8.55. The summed E-state index contributed by atoms with van der Waals surface area (Å²) in [7, 11) is 0. The molecule has 0 aliphatic carbocycles. The van der Waals surface area contributed by atoms with Crippen LogP contribution < -0.4 is 4.74 Å². The van der Waals surface area contributed by atoms with Crippen molar-refractivity contribution in [3.05, 3.63) is 83.4 Å². The maximum Gasteiger partial charge on any atom is 0.136 e. The first-order valence-corrected chi connectivity index (χ1v) is 8.55. The molecule has 4 rings (SSSR count). The van der Waals surface area contributed by atoms with E-state index in [4.69, 9.17) is 4.74 Å². The van der Waals surface area contributed by atoms with Crippen LogP contribution in [0.5, 0.6) is 23.0 Å². The Balaban J connectivity index is 1.86. The van der Waals surface area contributed by atoms with Gasteiger partial charge in [0.15, 0.2) is 0 Å². The number of hydrogen-bond acceptors (Lipinski definition) is 4. The molecule has 3 aromatic carbocycles. The van der Waals surface area contributed by atoms with E-state index in [0.29, 0.717) is 17.7 Å². The van der Waals surface area contributed by atoms with Gasteiger partial charge in [-0.05, 0) is 30.7 Å². The highest BCUT2D eigenvalue weighted by Gasteiger charge is 2.41. The van der Waals surface area contributed by atoms with E-state index in [1.165, 1.54) is 6.07 Å². The van der Waals surface area contributed by atoms with Crippen LogP contribution in [0, 0.1) is 0 Å². The number of rotatable bonds is 2. The summed E-state index contributed by atoms with van der Waals surface area (Å²) < 4.78 is 6.26. The standard InChI is InChI=1S/C22H20O4/c1-22(19-10-8-15(23)11-20(19)25)13-18(14-5-3-2-4-6-14)17-9-7-16(24)12-21(17)26-22/h2-12,18,23-25H,13H2,1H3/t18-,22+/m0/s1. The molecule has 0 unspecified atom stereocenters. The number of phenolic OH excluding ortho intramolecular Hbond substituents is 3. The smallest absolute Gasteiger partial charge is 0.136 e. The minimum atomic E-state index is -0.806. The summed E-state index contributed by atoms with van der Waals surface area (Å²) in [6.45, 7) is 1.92. The Morgan fingerprint density at radius 2 is 1.58 bits per heavy atom. The van der Waals surface area contributed by atoms with Crippen LogP contribution in [0.1, 0.15) is 36.0 Å². The lowest BCUT2D eigenvalue weighted by Gasteiger charge is -2.41. The molecule has 3 aromatic rings. The van der Waals surface area contributed by atoms with Crippen molar-refractivity contribution in [2.45, 2.75) is 24.9 Å². The second-order valence-electron chi connectivity index (χ2n) is 6.92. The first kappa shape index (κ1) is 16.3. The molecule has 132 valence electrons. The van der Waals surface area contributed by atoms with Gasteiger partial charge in [-0.2, -0.15) is 0 Å². The van der Waals surface area contributed by atoms with Gasteiger partial charge in [-0.15, -0.1) is 0 Å². The van der Waals surface area contributed by atoms with Crippen molar-refractivity contribution in [2.75, 3.05) is 0 Å². The molecule has 0 amide bonds. The minimum Gasteiger partial charge on any atom is -0.508 e. The topological polar surface area (TPSA) is 69.9 Å². The van der Waals surface area contributed by atoms with E-state index in [2.05, 4.69) is 12.1 Å². The molecule has 0 spiro atoms. The molecule has 4 heteroatoms. The van der Waals surface area contributed by atoms with Gasteiger partial charge in [0.25, 0.3) is 0 Å². The van der Waals surface area contributed by atoms with Crippen LogP contribution in [0.25, 0.3) is 0 Å². The highest BCUT2D eigenvalue weighted by atomic mass is 16.5. The maximum atomic E-state index is 10.4. The van der Waals surface area contributed by atoms with Crippen LogP contribution in [0.3, 0.4) is 0 Å². The molecule has 3 N–H and O–H groups in total. The molecule has 4 nitrogen and oxygen atoms in total. The van der Waals surface area contributed by atoms with Gasteiger partial charge in [-0.3, -0.25) is 0 Å². The molecule has 1 heterocycles. The number of aromatic hydroxyl groups is 3. The van der Waals surface area contributed by atoms with Gasteiger partial charge in [0.1, 0.15) is 28.6 Å². The van der Waals surface area contributed by atoms with Crippen LogP contribution in [-0.4, -0.2) is 15.3 Å². The fourth-order valence-electron chi connectivity index (χ4n) is 3.80. The second kappa shape index (κ2) is 5.99. The molecule has 0 saturated carbocycles. The van der Waals surface area contributed by atoms with Crippen molar-refractivity contribution in [3.8, 4) is 23.0 Å². The molecule has 0 saturated heterocycles. The van der Waals surface area contributed by atoms with Gasteiger partial charge < -0.3 is 20.1 Å². The Morgan fingerprint density at radius 3 is 2.31 bits per heavy atom. The molecular formula is C22H20O4. The third kappa shape index (κ3) is 2.73. The number of fused-ring (bicyclic) bond motifs is 1. The van der Waals surface area contributed by atoms with E-state index in [1.54, 1.807) is 24.3 Å². The van der Waals surface area contributed by atoms with Gasteiger partial charge in [0.2, 0.25) is 0 Å². The van der Waals surface area contributed by atoms with Crippen molar-refractivity contribution in [2.24, 2.45) is 0 Å². The summed E-state index contributed by atoms with van der Waals surface area (Å²) in [5.74, 6) is 0.778. The fourth-order valence-corrected chi connectivity index (χ4v) is 3.80. The average Bonchev–Trinajstić information content (AvgIpc) is 2.61. The van der Waals surface area contributed by atoms with E-state index in [9.17, 15) is 15.3 Å². The zero-order valence-corrected chi connectivity index (χ0v) is 14.4. The van der Waals surface area contributed by atoms with Crippen LogP contribution >= 0.6 is 0 Å². The van der Waals surface area contributed by atoms with Crippen molar-refractivity contribution >= 4 is 0 Å². The number of hydrogen-bond donors (Lipinski definition) is 3. The number of benzene rings is 3. The monoisotopic (exact) mass is 348 g/mol. The van der Waals surface area contributed by atoms with Crippen LogP contribution in [0.4, 0.5) is 0 Å². The molecule has 0 aromatic heterocycles. The van der Waals surface area contributed by atoms with Gasteiger partial charge in [0.05, 0.1) is 0 Å². The molecule has 26 heavy (non-hydrogen) atoms. The quantitative estimate of drug-likeness (QED) is 0.631. The van der Waals surface area contributed by atoms with Crippen molar-refractivity contribution < 1.29 is 20.1 Å².